The standard InChI is InChI=1S/C11H11ClN4O/c1-14-15-8-16(13)11-5-4-10(12)7-9(11)3-2-6-17/h2-8H,1,13H2/b3-2+,15-8-. The summed E-state index contributed by atoms with van der Waals surface area (Å²) in [4.78, 5) is 10.3. The molecule has 0 fully saturated rings. The zero-order chi connectivity index (χ0) is 12.7. The number of halogens is 1. The van der Waals surface area contributed by atoms with Crippen LogP contribution in [0.15, 0.2) is 34.5 Å². The predicted molar refractivity (Wildman–Crippen MR) is 71.3 cm³/mol. The molecule has 5 nitrogen and oxygen atoms in total. The maximum atomic E-state index is 10.3. The van der Waals surface area contributed by atoms with Gasteiger partial charge >= 0.3 is 0 Å². The van der Waals surface area contributed by atoms with Gasteiger partial charge in [0.1, 0.15) is 12.6 Å². The highest BCUT2D eigenvalue weighted by molar-refractivity contribution is 6.30. The molecular weight excluding hydrogens is 240 g/mol. The zero-order valence-electron chi connectivity index (χ0n) is 8.95. The maximum absolute atomic E-state index is 10.3. The summed E-state index contributed by atoms with van der Waals surface area (Å²) in [5.74, 6) is 5.73. The second-order valence-electron chi connectivity index (χ2n) is 2.98. The Hall–Kier alpha value is -1.98. The van der Waals surface area contributed by atoms with E-state index >= 15 is 0 Å². The van der Waals surface area contributed by atoms with Crippen molar-refractivity contribution < 1.29 is 4.79 Å². The lowest BCUT2D eigenvalue weighted by molar-refractivity contribution is -0.104. The third-order valence-electron chi connectivity index (χ3n) is 1.88. The number of hydrogen-bond donors (Lipinski definition) is 1. The molecule has 6 heteroatoms. The molecule has 0 unspecified atom stereocenters. The molecule has 0 saturated heterocycles. The van der Waals surface area contributed by atoms with Gasteiger partial charge in [-0.15, -0.1) is 5.10 Å². The number of hydrazine groups is 1. The minimum Gasteiger partial charge on any atom is -0.299 e. The molecule has 0 radical (unpaired) electrons. The summed E-state index contributed by atoms with van der Waals surface area (Å²) in [5.41, 5.74) is 1.34. The van der Waals surface area contributed by atoms with Gasteiger partial charge < -0.3 is 0 Å². The third-order valence-corrected chi connectivity index (χ3v) is 2.11. The van der Waals surface area contributed by atoms with Crippen LogP contribution in [0.25, 0.3) is 6.08 Å². The lowest BCUT2D eigenvalue weighted by Crippen LogP contribution is -2.29. The van der Waals surface area contributed by atoms with Gasteiger partial charge in [0.05, 0.1) is 5.69 Å². The highest BCUT2D eigenvalue weighted by Crippen LogP contribution is 2.23. The molecule has 0 heterocycles. The Morgan fingerprint density at radius 2 is 2.24 bits per heavy atom. The Balaban J connectivity index is 3.12. The van der Waals surface area contributed by atoms with Crippen LogP contribution in [0.5, 0.6) is 0 Å². The first-order valence-corrected chi connectivity index (χ1v) is 5.01. The molecule has 0 aromatic heterocycles. The van der Waals surface area contributed by atoms with Crippen LogP contribution in [-0.4, -0.2) is 19.3 Å². The second-order valence-corrected chi connectivity index (χ2v) is 3.41. The lowest BCUT2D eigenvalue weighted by Gasteiger charge is -2.15. The summed E-state index contributed by atoms with van der Waals surface area (Å²) in [7, 11) is 0. The maximum Gasteiger partial charge on any atom is 0.142 e. The van der Waals surface area contributed by atoms with Crippen LogP contribution in [-0.2, 0) is 4.79 Å². The van der Waals surface area contributed by atoms with Crippen molar-refractivity contribution in [1.29, 1.82) is 0 Å². The Kier molecular flexibility index (Phi) is 5.06. The highest BCUT2D eigenvalue weighted by Gasteiger charge is 2.04. The number of hydrogen-bond acceptors (Lipinski definition) is 4. The van der Waals surface area contributed by atoms with Crippen molar-refractivity contribution in [2.75, 3.05) is 5.01 Å². The van der Waals surface area contributed by atoms with Crippen LogP contribution in [0.2, 0.25) is 5.02 Å². The topological polar surface area (TPSA) is 71.1 Å². The number of nitrogens with two attached hydrogens (primary N) is 1. The first kappa shape index (κ1) is 13.1. The number of nitrogens with zero attached hydrogens (tertiary/aromatic N) is 3. The molecule has 1 rings (SSSR count). The number of rotatable bonds is 5. The van der Waals surface area contributed by atoms with Crippen molar-refractivity contribution >= 4 is 42.7 Å². The molecular formula is C11H11ClN4O. The van der Waals surface area contributed by atoms with Gasteiger partial charge in [-0.25, -0.2) is 5.84 Å². The minimum absolute atomic E-state index is 0.548. The van der Waals surface area contributed by atoms with Crippen molar-refractivity contribution in [1.82, 2.24) is 0 Å². The first-order valence-electron chi connectivity index (χ1n) is 4.63. The normalized spacial score (nSPS) is 10.9. The van der Waals surface area contributed by atoms with Gasteiger partial charge in [0.25, 0.3) is 0 Å². The average Bonchev–Trinajstić information content (AvgIpc) is 2.33. The molecule has 0 aliphatic carbocycles. The van der Waals surface area contributed by atoms with Crippen molar-refractivity contribution in [3.05, 3.63) is 34.9 Å². The van der Waals surface area contributed by atoms with Crippen LogP contribution in [0.1, 0.15) is 5.56 Å². The van der Waals surface area contributed by atoms with E-state index in [-0.39, 0.29) is 0 Å². The summed E-state index contributed by atoms with van der Waals surface area (Å²) < 4.78 is 0. The Bertz CT molecular complexity index is 471. The summed E-state index contributed by atoms with van der Waals surface area (Å²) in [5, 5.41) is 8.67. The number of allylic oxidation sites excluding steroid dienone is 1. The van der Waals surface area contributed by atoms with Gasteiger partial charge in [-0.3, -0.25) is 9.80 Å². The average molecular weight is 251 g/mol. The van der Waals surface area contributed by atoms with E-state index in [0.29, 0.717) is 22.6 Å². The molecule has 2 N–H and O–H groups in total. The SMILES string of the molecule is C=N/N=C\N(N)c1ccc(Cl)cc1/C=C/C=O. The van der Waals surface area contributed by atoms with E-state index in [0.717, 1.165) is 0 Å². The summed E-state index contributed by atoms with van der Waals surface area (Å²) in [6.45, 7) is 3.20. The van der Waals surface area contributed by atoms with Gasteiger partial charge in [0.15, 0.2) is 0 Å². The monoisotopic (exact) mass is 250 g/mol. The predicted octanol–water partition coefficient (Wildman–Crippen LogP) is 1.88. The fraction of sp³-hybridized carbons (Fsp3) is 0. The van der Waals surface area contributed by atoms with Crippen molar-refractivity contribution in [3.8, 4) is 0 Å². The number of carbonyl (C=O) groups excluding carboxylic acids is 1. The van der Waals surface area contributed by atoms with E-state index in [4.69, 9.17) is 17.4 Å². The number of carbonyl (C=O) groups is 1. The van der Waals surface area contributed by atoms with Gasteiger partial charge in [-0.1, -0.05) is 11.6 Å². The number of benzene rings is 1. The van der Waals surface area contributed by atoms with Crippen molar-refractivity contribution in [2.24, 2.45) is 16.0 Å². The molecule has 0 bridgehead atoms. The van der Waals surface area contributed by atoms with Crippen molar-refractivity contribution in [2.45, 2.75) is 0 Å². The van der Waals surface area contributed by atoms with Gasteiger partial charge in [0, 0.05) is 17.3 Å². The van der Waals surface area contributed by atoms with E-state index in [9.17, 15) is 4.79 Å². The molecule has 0 aliphatic rings. The van der Waals surface area contributed by atoms with E-state index in [2.05, 4.69) is 16.9 Å². The number of aldehydes is 1. The molecule has 88 valence electrons. The molecule has 0 saturated carbocycles. The van der Waals surface area contributed by atoms with E-state index in [1.54, 1.807) is 24.3 Å². The summed E-state index contributed by atoms with van der Waals surface area (Å²) in [6, 6.07) is 5.08. The second kappa shape index (κ2) is 6.57. The van der Waals surface area contributed by atoms with Gasteiger partial charge in [-0.05, 0) is 30.4 Å². The smallest absolute Gasteiger partial charge is 0.142 e. The van der Waals surface area contributed by atoms with E-state index in [1.807, 2.05) is 0 Å². The molecule has 0 spiro atoms. The molecule has 0 atom stereocenters. The Morgan fingerprint density at radius 1 is 1.47 bits per heavy atom. The molecule has 1 aromatic carbocycles. The van der Waals surface area contributed by atoms with Gasteiger partial charge in [-0.2, -0.15) is 5.10 Å². The van der Waals surface area contributed by atoms with Crippen LogP contribution in [0, 0.1) is 0 Å². The van der Waals surface area contributed by atoms with E-state index in [1.165, 1.54) is 17.4 Å². The summed E-state index contributed by atoms with van der Waals surface area (Å²) >= 11 is 5.86. The molecule has 1 aromatic rings. The highest BCUT2D eigenvalue weighted by atomic mass is 35.5. The quantitative estimate of drug-likeness (QED) is 0.217. The van der Waals surface area contributed by atoms with Crippen LogP contribution in [0.4, 0.5) is 5.69 Å². The van der Waals surface area contributed by atoms with E-state index < -0.39 is 0 Å². The Morgan fingerprint density at radius 3 is 2.88 bits per heavy atom. The van der Waals surface area contributed by atoms with Crippen LogP contribution < -0.4 is 10.9 Å². The fourth-order valence-electron chi connectivity index (χ4n) is 1.19. The zero-order valence-corrected chi connectivity index (χ0v) is 9.71. The largest absolute Gasteiger partial charge is 0.299 e. The minimum atomic E-state index is 0.548. The lowest BCUT2D eigenvalue weighted by atomic mass is 10.1. The van der Waals surface area contributed by atoms with Crippen LogP contribution in [0.3, 0.4) is 0 Å². The fourth-order valence-corrected chi connectivity index (χ4v) is 1.37. The molecule has 17 heavy (non-hydrogen) atoms. The van der Waals surface area contributed by atoms with Crippen molar-refractivity contribution in [3.63, 3.8) is 0 Å². The molecule has 0 aliphatic heterocycles. The first-order chi connectivity index (χ1) is 8.19. The Labute approximate surface area is 104 Å². The van der Waals surface area contributed by atoms with Gasteiger partial charge in [0.2, 0.25) is 0 Å². The third kappa shape index (κ3) is 3.82. The summed E-state index contributed by atoms with van der Waals surface area (Å²) in [6.07, 6.45) is 4.93. The van der Waals surface area contributed by atoms with Crippen LogP contribution >= 0.6 is 11.6 Å². The number of anilines is 1. The molecule has 0 amide bonds.